The van der Waals surface area contributed by atoms with Gasteiger partial charge < -0.3 is 15.2 Å². The maximum absolute atomic E-state index is 14.2. The Kier molecular flexibility index (Phi) is 4.94. The molecule has 27 heavy (non-hydrogen) atoms. The highest BCUT2D eigenvalue weighted by molar-refractivity contribution is 5.91. The van der Waals surface area contributed by atoms with Crippen molar-refractivity contribution >= 4 is 28.3 Å². The van der Waals surface area contributed by atoms with Crippen molar-refractivity contribution in [3.8, 4) is 11.1 Å². The van der Waals surface area contributed by atoms with Crippen LogP contribution in [0.3, 0.4) is 0 Å². The minimum atomic E-state index is -0.539. The number of anilines is 2. The van der Waals surface area contributed by atoms with Crippen molar-refractivity contribution < 1.29 is 9.18 Å². The molecule has 6 nitrogen and oxygen atoms in total. The van der Waals surface area contributed by atoms with Gasteiger partial charge in [0.15, 0.2) is 0 Å². The fourth-order valence-electron chi connectivity index (χ4n) is 3.16. The smallest absolute Gasteiger partial charge is 0.258 e. The number of benzene rings is 1. The number of hydrogen-bond acceptors (Lipinski definition) is 4. The minimum Gasteiger partial charge on any atom is -0.373 e. The van der Waals surface area contributed by atoms with Crippen LogP contribution >= 0.6 is 0 Å². The molecule has 1 amide bonds. The summed E-state index contributed by atoms with van der Waals surface area (Å²) >= 11 is 0. The van der Waals surface area contributed by atoms with Gasteiger partial charge in [-0.2, -0.15) is 0 Å². The molecule has 0 saturated carbocycles. The van der Waals surface area contributed by atoms with E-state index in [1.54, 1.807) is 30.8 Å². The second-order valence-corrected chi connectivity index (χ2v) is 6.31. The van der Waals surface area contributed by atoms with Gasteiger partial charge in [-0.3, -0.25) is 9.59 Å². The Morgan fingerprint density at radius 3 is 2.59 bits per heavy atom. The standard InChI is InChI=1S/C20H21FN4O2/c1-5-25-18-9-19(22-4)23-10-13(18)7-15(20(25)27)14-8-17(24-12(3)26)16(21)6-11(14)2/h6-10H,5H2,1-4H3,(H,22,23)(H,24,26). The summed E-state index contributed by atoms with van der Waals surface area (Å²) in [4.78, 5) is 28.8. The van der Waals surface area contributed by atoms with Crippen molar-refractivity contribution in [1.82, 2.24) is 9.55 Å². The zero-order valence-electron chi connectivity index (χ0n) is 15.7. The van der Waals surface area contributed by atoms with E-state index in [9.17, 15) is 14.0 Å². The number of carbonyl (C=O) groups is 1. The van der Waals surface area contributed by atoms with Crippen molar-refractivity contribution in [3.63, 3.8) is 0 Å². The molecule has 0 unspecified atom stereocenters. The predicted molar refractivity (Wildman–Crippen MR) is 106 cm³/mol. The highest BCUT2D eigenvalue weighted by Crippen LogP contribution is 2.29. The average Bonchev–Trinajstić information content (AvgIpc) is 2.63. The summed E-state index contributed by atoms with van der Waals surface area (Å²) in [7, 11) is 1.77. The molecule has 3 rings (SSSR count). The van der Waals surface area contributed by atoms with E-state index in [1.807, 2.05) is 13.0 Å². The van der Waals surface area contributed by atoms with E-state index in [2.05, 4.69) is 15.6 Å². The molecule has 2 aromatic heterocycles. The van der Waals surface area contributed by atoms with Crippen molar-refractivity contribution in [3.05, 3.63) is 52.2 Å². The van der Waals surface area contributed by atoms with Crippen LogP contribution < -0.4 is 16.2 Å². The first-order valence-electron chi connectivity index (χ1n) is 8.65. The van der Waals surface area contributed by atoms with E-state index in [1.165, 1.54) is 19.1 Å². The van der Waals surface area contributed by atoms with E-state index in [0.29, 0.717) is 29.1 Å². The Balaban J connectivity index is 2.30. The van der Waals surface area contributed by atoms with Crippen LogP contribution in [0.1, 0.15) is 19.4 Å². The van der Waals surface area contributed by atoms with Gasteiger partial charge in [-0.05, 0) is 43.2 Å². The largest absolute Gasteiger partial charge is 0.373 e. The number of carbonyl (C=O) groups excluding carboxylic acids is 1. The fourth-order valence-corrected chi connectivity index (χ4v) is 3.16. The molecule has 0 aliphatic carbocycles. The van der Waals surface area contributed by atoms with E-state index < -0.39 is 5.82 Å². The molecule has 0 aliphatic rings. The summed E-state index contributed by atoms with van der Waals surface area (Å²) in [6, 6.07) is 6.41. The second kappa shape index (κ2) is 7.19. The molecular formula is C20H21FN4O2. The van der Waals surface area contributed by atoms with Crippen molar-refractivity contribution in [1.29, 1.82) is 0 Å². The van der Waals surface area contributed by atoms with Gasteiger partial charge in [0, 0.05) is 43.7 Å². The number of nitrogens with one attached hydrogen (secondary N) is 2. The molecule has 1 aromatic carbocycles. The third kappa shape index (κ3) is 3.40. The van der Waals surface area contributed by atoms with Crippen LogP contribution in [0.5, 0.6) is 0 Å². The molecule has 0 radical (unpaired) electrons. The summed E-state index contributed by atoms with van der Waals surface area (Å²) in [6.07, 6.45) is 1.70. The Bertz CT molecular complexity index is 1110. The average molecular weight is 368 g/mol. The van der Waals surface area contributed by atoms with Gasteiger partial charge in [0.1, 0.15) is 11.6 Å². The summed E-state index contributed by atoms with van der Waals surface area (Å²) in [6.45, 7) is 5.42. The molecule has 0 bridgehead atoms. The lowest BCUT2D eigenvalue weighted by Gasteiger charge is -2.15. The zero-order valence-corrected chi connectivity index (χ0v) is 15.7. The van der Waals surface area contributed by atoms with Gasteiger partial charge in [0.05, 0.1) is 11.2 Å². The number of fused-ring (bicyclic) bond motifs is 1. The lowest BCUT2D eigenvalue weighted by atomic mass is 9.99. The molecule has 0 aliphatic heterocycles. The van der Waals surface area contributed by atoms with Crippen LogP contribution in [-0.4, -0.2) is 22.5 Å². The summed E-state index contributed by atoms with van der Waals surface area (Å²) in [5.41, 5.74) is 2.27. The lowest BCUT2D eigenvalue weighted by molar-refractivity contribution is -0.114. The number of nitrogens with zero attached hydrogens (tertiary/aromatic N) is 2. The Hall–Kier alpha value is -3.22. The van der Waals surface area contributed by atoms with E-state index in [-0.39, 0.29) is 17.2 Å². The Labute approximate surface area is 156 Å². The number of aromatic nitrogens is 2. The van der Waals surface area contributed by atoms with Crippen LogP contribution in [0.4, 0.5) is 15.9 Å². The number of halogens is 1. The van der Waals surface area contributed by atoms with Gasteiger partial charge in [-0.15, -0.1) is 0 Å². The maximum atomic E-state index is 14.2. The SMILES string of the molecule is CCn1c(=O)c(-c2cc(NC(C)=O)c(F)cc2C)cc2cnc(NC)cc21. The molecule has 0 spiro atoms. The molecule has 7 heteroatoms. The third-order valence-corrected chi connectivity index (χ3v) is 4.47. The number of hydrogen-bond donors (Lipinski definition) is 2. The Morgan fingerprint density at radius 1 is 1.22 bits per heavy atom. The minimum absolute atomic E-state index is 0.0503. The predicted octanol–water partition coefficient (Wildman–Crippen LogP) is 3.53. The number of aryl methyl sites for hydroxylation is 2. The van der Waals surface area contributed by atoms with Gasteiger partial charge in [0.25, 0.3) is 5.56 Å². The van der Waals surface area contributed by atoms with E-state index in [4.69, 9.17) is 0 Å². The zero-order chi connectivity index (χ0) is 19.7. The van der Waals surface area contributed by atoms with Crippen LogP contribution in [0.25, 0.3) is 22.0 Å². The Morgan fingerprint density at radius 2 is 1.96 bits per heavy atom. The number of rotatable bonds is 4. The van der Waals surface area contributed by atoms with Crippen LogP contribution in [0.15, 0.2) is 35.3 Å². The molecule has 0 fully saturated rings. The highest BCUT2D eigenvalue weighted by Gasteiger charge is 2.16. The molecule has 3 aromatic rings. The van der Waals surface area contributed by atoms with Crippen LogP contribution in [0.2, 0.25) is 0 Å². The molecule has 0 saturated heterocycles. The molecule has 2 N–H and O–H groups in total. The highest BCUT2D eigenvalue weighted by atomic mass is 19.1. The number of pyridine rings is 2. The van der Waals surface area contributed by atoms with Gasteiger partial charge in [-0.25, -0.2) is 9.37 Å². The summed E-state index contributed by atoms with van der Waals surface area (Å²) in [5.74, 6) is -0.247. The quantitative estimate of drug-likeness (QED) is 0.739. The topological polar surface area (TPSA) is 76.0 Å². The molecule has 0 atom stereocenters. The van der Waals surface area contributed by atoms with E-state index >= 15 is 0 Å². The first-order valence-corrected chi connectivity index (χ1v) is 8.65. The fraction of sp³-hybridized carbons (Fsp3) is 0.250. The van der Waals surface area contributed by atoms with Crippen molar-refractivity contribution in [2.75, 3.05) is 17.7 Å². The lowest BCUT2D eigenvalue weighted by Crippen LogP contribution is -2.22. The summed E-state index contributed by atoms with van der Waals surface area (Å²) in [5, 5.41) is 6.24. The number of amides is 1. The molecule has 2 heterocycles. The van der Waals surface area contributed by atoms with Gasteiger partial charge in [0.2, 0.25) is 5.91 Å². The first kappa shape index (κ1) is 18.6. The van der Waals surface area contributed by atoms with Gasteiger partial charge >= 0.3 is 0 Å². The van der Waals surface area contributed by atoms with Crippen LogP contribution in [-0.2, 0) is 11.3 Å². The molecule has 140 valence electrons. The monoisotopic (exact) mass is 368 g/mol. The van der Waals surface area contributed by atoms with Crippen LogP contribution in [0, 0.1) is 12.7 Å². The summed E-state index contributed by atoms with van der Waals surface area (Å²) < 4.78 is 15.8. The third-order valence-electron chi connectivity index (χ3n) is 4.47. The first-order chi connectivity index (χ1) is 12.8. The molecular weight excluding hydrogens is 347 g/mol. The normalized spacial score (nSPS) is 10.9. The van der Waals surface area contributed by atoms with Crippen molar-refractivity contribution in [2.24, 2.45) is 0 Å². The second-order valence-electron chi connectivity index (χ2n) is 6.31. The van der Waals surface area contributed by atoms with Crippen molar-refractivity contribution in [2.45, 2.75) is 27.3 Å². The van der Waals surface area contributed by atoms with Gasteiger partial charge in [-0.1, -0.05) is 0 Å². The maximum Gasteiger partial charge on any atom is 0.258 e. The van der Waals surface area contributed by atoms with E-state index in [0.717, 1.165) is 10.9 Å².